The number of rotatable bonds is 9. The van der Waals surface area contributed by atoms with Gasteiger partial charge < -0.3 is 11.1 Å². The summed E-state index contributed by atoms with van der Waals surface area (Å²) in [5.74, 6) is -0.364. The maximum absolute atomic E-state index is 12.1. The number of nitrogens with two attached hydrogens (primary N) is 1. The molecule has 0 radical (unpaired) electrons. The summed E-state index contributed by atoms with van der Waals surface area (Å²) in [5, 5.41) is 3.02. The molecule has 0 bridgehead atoms. The third-order valence-corrected chi connectivity index (χ3v) is 4.15. The Kier molecular flexibility index (Phi) is 6.47. The van der Waals surface area contributed by atoms with E-state index < -0.39 is 10.0 Å². The maximum Gasteiger partial charge on any atom is 0.242 e. The van der Waals surface area contributed by atoms with E-state index in [0.717, 1.165) is 6.42 Å². The van der Waals surface area contributed by atoms with Crippen molar-refractivity contribution in [2.45, 2.75) is 31.1 Å². The number of benzene rings is 1. The Balaban J connectivity index is 2.75. The van der Waals surface area contributed by atoms with Gasteiger partial charge in [0.15, 0.2) is 0 Å². The molecule has 1 rings (SSSR count). The van der Waals surface area contributed by atoms with E-state index in [1.54, 1.807) is 24.3 Å². The fourth-order valence-electron chi connectivity index (χ4n) is 1.65. The smallest absolute Gasteiger partial charge is 0.242 e. The molecule has 0 aromatic heterocycles. The SMILES string of the molecule is CCCNS(=O)(=O)c1ccccc1NCCCC(N)=O. The Labute approximate surface area is 119 Å². The minimum absolute atomic E-state index is 0.215. The lowest BCUT2D eigenvalue weighted by molar-refractivity contribution is -0.118. The standard InChI is InChI=1S/C13H21N3O3S/c1-2-9-16-20(18,19)12-7-4-3-6-11(12)15-10-5-8-13(14)17/h3-4,6-7,15-16H,2,5,8-10H2,1H3,(H2,14,17). The number of carbonyl (C=O) groups is 1. The zero-order valence-corrected chi connectivity index (χ0v) is 12.4. The number of amides is 1. The Hall–Kier alpha value is -1.60. The molecule has 0 atom stereocenters. The summed E-state index contributed by atoms with van der Waals surface area (Å²) in [5.41, 5.74) is 5.58. The number of nitrogens with one attached hydrogen (secondary N) is 2. The topological polar surface area (TPSA) is 101 Å². The average Bonchev–Trinajstić information content (AvgIpc) is 2.41. The van der Waals surface area contributed by atoms with E-state index in [-0.39, 0.29) is 17.2 Å². The van der Waals surface area contributed by atoms with Crippen molar-refractivity contribution < 1.29 is 13.2 Å². The minimum Gasteiger partial charge on any atom is -0.384 e. The van der Waals surface area contributed by atoms with Crippen molar-refractivity contribution in [1.29, 1.82) is 0 Å². The van der Waals surface area contributed by atoms with Gasteiger partial charge in [0.25, 0.3) is 0 Å². The predicted octanol–water partition coefficient (Wildman–Crippen LogP) is 1.05. The van der Waals surface area contributed by atoms with Gasteiger partial charge in [0.1, 0.15) is 4.90 Å². The van der Waals surface area contributed by atoms with Gasteiger partial charge in [0, 0.05) is 19.5 Å². The van der Waals surface area contributed by atoms with Gasteiger partial charge in [-0.3, -0.25) is 4.79 Å². The van der Waals surface area contributed by atoms with Gasteiger partial charge in [-0.05, 0) is 25.0 Å². The molecule has 0 aliphatic heterocycles. The van der Waals surface area contributed by atoms with E-state index in [1.165, 1.54) is 0 Å². The first-order valence-corrected chi connectivity index (χ1v) is 8.06. The molecule has 7 heteroatoms. The van der Waals surface area contributed by atoms with Crippen LogP contribution in [0, 0.1) is 0 Å². The van der Waals surface area contributed by atoms with Gasteiger partial charge in [-0.1, -0.05) is 19.1 Å². The van der Waals surface area contributed by atoms with Crippen LogP contribution in [0.25, 0.3) is 0 Å². The highest BCUT2D eigenvalue weighted by atomic mass is 32.2. The fourth-order valence-corrected chi connectivity index (χ4v) is 2.96. The van der Waals surface area contributed by atoms with Crippen LogP contribution in [0.2, 0.25) is 0 Å². The van der Waals surface area contributed by atoms with Crippen LogP contribution in [0.5, 0.6) is 0 Å². The summed E-state index contributed by atoms with van der Waals surface area (Å²) >= 11 is 0. The Morgan fingerprint density at radius 2 is 1.95 bits per heavy atom. The second kappa shape index (κ2) is 7.86. The molecule has 1 aromatic rings. The molecule has 0 fully saturated rings. The third kappa shape index (κ3) is 5.18. The number of primary amides is 1. The summed E-state index contributed by atoms with van der Waals surface area (Å²) in [6.07, 6.45) is 1.57. The van der Waals surface area contributed by atoms with Gasteiger partial charge in [0.2, 0.25) is 15.9 Å². The highest BCUT2D eigenvalue weighted by Crippen LogP contribution is 2.20. The van der Waals surface area contributed by atoms with Crippen molar-refractivity contribution >= 4 is 21.6 Å². The van der Waals surface area contributed by atoms with Crippen LogP contribution in [-0.2, 0) is 14.8 Å². The molecule has 0 spiro atoms. The molecule has 20 heavy (non-hydrogen) atoms. The van der Waals surface area contributed by atoms with E-state index in [4.69, 9.17) is 5.73 Å². The van der Waals surface area contributed by atoms with Crippen LogP contribution in [0.4, 0.5) is 5.69 Å². The summed E-state index contributed by atoms with van der Waals surface area (Å²) in [6, 6.07) is 6.68. The number of carbonyl (C=O) groups excluding carboxylic acids is 1. The molecule has 0 unspecified atom stereocenters. The predicted molar refractivity (Wildman–Crippen MR) is 78.8 cm³/mol. The van der Waals surface area contributed by atoms with E-state index in [9.17, 15) is 13.2 Å². The molecule has 0 saturated heterocycles. The summed E-state index contributed by atoms with van der Waals surface area (Å²) in [4.78, 5) is 10.9. The molecule has 0 aliphatic carbocycles. The van der Waals surface area contributed by atoms with Crippen LogP contribution in [0.3, 0.4) is 0 Å². The van der Waals surface area contributed by atoms with Crippen molar-refractivity contribution in [3.8, 4) is 0 Å². The third-order valence-electron chi connectivity index (χ3n) is 2.63. The van der Waals surface area contributed by atoms with Gasteiger partial charge in [-0.2, -0.15) is 0 Å². The molecular formula is C13H21N3O3S. The molecule has 112 valence electrons. The Bertz CT molecular complexity index is 544. The zero-order chi connectivity index (χ0) is 15.0. The number of para-hydroxylation sites is 1. The quantitative estimate of drug-likeness (QED) is 0.593. The van der Waals surface area contributed by atoms with Crippen LogP contribution in [-0.4, -0.2) is 27.4 Å². The number of sulfonamides is 1. The van der Waals surface area contributed by atoms with Crippen molar-refractivity contribution in [1.82, 2.24) is 4.72 Å². The van der Waals surface area contributed by atoms with Gasteiger partial charge in [0.05, 0.1) is 5.69 Å². The lowest BCUT2D eigenvalue weighted by Crippen LogP contribution is -2.25. The Morgan fingerprint density at radius 3 is 2.60 bits per heavy atom. The van der Waals surface area contributed by atoms with Gasteiger partial charge in [-0.15, -0.1) is 0 Å². The minimum atomic E-state index is -3.51. The summed E-state index contributed by atoms with van der Waals surface area (Å²) in [6.45, 7) is 2.79. The van der Waals surface area contributed by atoms with Crippen molar-refractivity contribution in [2.24, 2.45) is 5.73 Å². The number of hydrogen-bond donors (Lipinski definition) is 3. The lowest BCUT2D eigenvalue weighted by Gasteiger charge is -2.12. The molecule has 0 saturated carbocycles. The van der Waals surface area contributed by atoms with Crippen molar-refractivity contribution in [2.75, 3.05) is 18.4 Å². The second-order valence-electron chi connectivity index (χ2n) is 4.39. The monoisotopic (exact) mass is 299 g/mol. The van der Waals surface area contributed by atoms with Crippen LogP contribution >= 0.6 is 0 Å². The van der Waals surface area contributed by atoms with E-state index in [2.05, 4.69) is 10.0 Å². The molecule has 4 N–H and O–H groups in total. The highest BCUT2D eigenvalue weighted by Gasteiger charge is 2.16. The molecule has 6 nitrogen and oxygen atoms in total. The van der Waals surface area contributed by atoms with Crippen molar-refractivity contribution in [3.05, 3.63) is 24.3 Å². The van der Waals surface area contributed by atoms with E-state index >= 15 is 0 Å². The molecule has 0 heterocycles. The highest BCUT2D eigenvalue weighted by molar-refractivity contribution is 7.89. The van der Waals surface area contributed by atoms with Gasteiger partial charge >= 0.3 is 0 Å². The van der Waals surface area contributed by atoms with Gasteiger partial charge in [-0.25, -0.2) is 13.1 Å². The second-order valence-corrected chi connectivity index (χ2v) is 6.13. The first-order chi connectivity index (χ1) is 9.47. The summed E-state index contributed by atoms with van der Waals surface area (Å²) < 4.78 is 26.8. The maximum atomic E-state index is 12.1. The first-order valence-electron chi connectivity index (χ1n) is 6.58. The first kappa shape index (κ1) is 16.5. The van der Waals surface area contributed by atoms with E-state index in [1.807, 2.05) is 6.92 Å². The fraction of sp³-hybridized carbons (Fsp3) is 0.462. The number of anilines is 1. The van der Waals surface area contributed by atoms with Crippen LogP contribution in [0.1, 0.15) is 26.2 Å². The number of hydrogen-bond acceptors (Lipinski definition) is 4. The Morgan fingerprint density at radius 1 is 1.25 bits per heavy atom. The van der Waals surface area contributed by atoms with Crippen LogP contribution < -0.4 is 15.8 Å². The molecule has 0 aliphatic rings. The molecule has 1 amide bonds. The zero-order valence-electron chi connectivity index (χ0n) is 11.6. The largest absolute Gasteiger partial charge is 0.384 e. The van der Waals surface area contributed by atoms with Crippen molar-refractivity contribution in [3.63, 3.8) is 0 Å². The lowest BCUT2D eigenvalue weighted by atomic mass is 10.2. The molecular weight excluding hydrogens is 278 g/mol. The average molecular weight is 299 g/mol. The summed E-state index contributed by atoms with van der Waals surface area (Å²) in [7, 11) is -3.51. The molecule has 1 aromatic carbocycles. The normalized spacial score (nSPS) is 11.2. The van der Waals surface area contributed by atoms with Crippen LogP contribution in [0.15, 0.2) is 29.2 Å². The van der Waals surface area contributed by atoms with E-state index in [0.29, 0.717) is 25.2 Å².